The average molecular weight is 191 g/mol. The van der Waals surface area contributed by atoms with E-state index in [9.17, 15) is 0 Å². The first-order valence-corrected chi connectivity index (χ1v) is 4.96. The number of thiazole rings is 1. The van der Waals surface area contributed by atoms with Crippen LogP contribution in [0.2, 0.25) is 0 Å². The molecule has 2 aromatic rings. The zero-order chi connectivity index (χ0) is 9.42. The van der Waals surface area contributed by atoms with Crippen LogP contribution in [0.15, 0.2) is 11.7 Å². The molecule has 0 aliphatic carbocycles. The molecule has 0 radical (unpaired) electrons. The van der Waals surface area contributed by atoms with Crippen LogP contribution in [0, 0.1) is 11.3 Å². The Bertz CT molecular complexity index is 472. The van der Waals surface area contributed by atoms with Crippen molar-refractivity contribution in [2.75, 3.05) is 0 Å². The fraction of sp³-hybridized carbons (Fsp3) is 0.333. The van der Waals surface area contributed by atoms with Crippen molar-refractivity contribution >= 4 is 21.6 Å². The van der Waals surface area contributed by atoms with Gasteiger partial charge in [0.25, 0.3) is 0 Å². The number of aromatic nitrogens is 2. The van der Waals surface area contributed by atoms with Crippen molar-refractivity contribution in [3.8, 4) is 6.07 Å². The lowest BCUT2D eigenvalue weighted by atomic mass is 10.3. The molecule has 2 heterocycles. The molecule has 0 aliphatic rings. The van der Waals surface area contributed by atoms with E-state index in [1.54, 1.807) is 5.51 Å². The highest BCUT2D eigenvalue weighted by atomic mass is 32.1. The first-order chi connectivity index (χ1) is 6.24. The molecule has 0 amide bonds. The number of fused-ring (bicyclic) bond motifs is 1. The number of nitriles is 1. The molecule has 0 spiro atoms. The zero-order valence-electron chi connectivity index (χ0n) is 7.48. The third-order valence-electron chi connectivity index (χ3n) is 1.99. The van der Waals surface area contributed by atoms with E-state index in [4.69, 9.17) is 5.26 Å². The van der Waals surface area contributed by atoms with Gasteiger partial charge in [0.1, 0.15) is 17.3 Å². The summed E-state index contributed by atoms with van der Waals surface area (Å²) in [6, 6.07) is 2.54. The molecule has 13 heavy (non-hydrogen) atoms. The van der Waals surface area contributed by atoms with Gasteiger partial charge in [-0.15, -0.1) is 11.3 Å². The van der Waals surface area contributed by atoms with Crippen LogP contribution in [0.1, 0.15) is 25.6 Å². The maximum atomic E-state index is 8.98. The molecule has 0 unspecified atom stereocenters. The first-order valence-electron chi connectivity index (χ1n) is 4.08. The van der Waals surface area contributed by atoms with Crippen molar-refractivity contribution in [2.45, 2.75) is 19.9 Å². The minimum atomic E-state index is 0.316. The van der Waals surface area contributed by atoms with E-state index in [1.807, 2.05) is 10.8 Å². The van der Waals surface area contributed by atoms with Crippen LogP contribution in [-0.4, -0.2) is 9.55 Å². The molecule has 0 saturated heterocycles. The Balaban J connectivity index is 2.77. The summed E-state index contributed by atoms with van der Waals surface area (Å²) < 4.78 is 2.96. The Morgan fingerprint density at radius 1 is 1.62 bits per heavy atom. The summed E-state index contributed by atoms with van der Waals surface area (Å²) in [6.45, 7) is 4.12. The fourth-order valence-electron chi connectivity index (χ4n) is 1.35. The number of hydrogen-bond donors (Lipinski definition) is 0. The van der Waals surface area contributed by atoms with Crippen LogP contribution < -0.4 is 0 Å². The monoisotopic (exact) mass is 191 g/mol. The summed E-state index contributed by atoms with van der Waals surface area (Å²) in [6.07, 6.45) is 1.94. The second kappa shape index (κ2) is 2.86. The molecule has 0 aliphatic heterocycles. The van der Waals surface area contributed by atoms with Gasteiger partial charge in [0, 0.05) is 12.2 Å². The first kappa shape index (κ1) is 8.27. The Labute approximate surface area is 80.2 Å². The molecule has 3 nitrogen and oxygen atoms in total. The lowest BCUT2D eigenvalue weighted by Crippen LogP contribution is -2.00. The van der Waals surface area contributed by atoms with E-state index in [-0.39, 0.29) is 0 Å². The molecular formula is C9H9N3S. The van der Waals surface area contributed by atoms with Crippen molar-refractivity contribution in [3.05, 3.63) is 17.4 Å². The lowest BCUT2D eigenvalue weighted by Gasteiger charge is -2.07. The Kier molecular flexibility index (Phi) is 1.82. The highest BCUT2D eigenvalue weighted by Gasteiger charge is 2.12. The summed E-state index contributed by atoms with van der Waals surface area (Å²) in [5.41, 5.74) is 3.43. The van der Waals surface area contributed by atoms with Gasteiger partial charge in [-0.25, -0.2) is 4.98 Å². The van der Waals surface area contributed by atoms with E-state index in [0.29, 0.717) is 6.04 Å². The number of rotatable bonds is 1. The molecule has 4 heteroatoms. The van der Waals surface area contributed by atoms with Gasteiger partial charge in [-0.1, -0.05) is 0 Å². The molecule has 0 atom stereocenters. The van der Waals surface area contributed by atoms with Gasteiger partial charge >= 0.3 is 0 Å². The van der Waals surface area contributed by atoms with Gasteiger partial charge in [-0.2, -0.15) is 5.26 Å². The Morgan fingerprint density at radius 2 is 2.38 bits per heavy atom. The van der Waals surface area contributed by atoms with Crippen LogP contribution >= 0.6 is 11.3 Å². The van der Waals surface area contributed by atoms with E-state index in [0.717, 1.165) is 15.9 Å². The number of nitrogens with zero attached hydrogens (tertiary/aromatic N) is 3. The van der Waals surface area contributed by atoms with Gasteiger partial charge in [0.2, 0.25) is 0 Å². The van der Waals surface area contributed by atoms with E-state index in [1.165, 1.54) is 11.3 Å². The van der Waals surface area contributed by atoms with Crippen LogP contribution in [-0.2, 0) is 0 Å². The molecule has 2 aromatic heterocycles. The van der Waals surface area contributed by atoms with Crippen LogP contribution in [0.5, 0.6) is 0 Å². The van der Waals surface area contributed by atoms with Crippen molar-refractivity contribution in [3.63, 3.8) is 0 Å². The molecule has 0 saturated carbocycles. The second-order valence-corrected chi connectivity index (χ2v) is 4.01. The largest absolute Gasteiger partial charge is 0.334 e. The smallest absolute Gasteiger partial charge is 0.140 e. The molecule has 0 aromatic carbocycles. The van der Waals surface area contributed by atoms with Crippen molar-refractivity contribution in [1.82, 2.24) is 9.55 Å². The van der Waals surface area contributed by atoms with Gasteiger partial charge in [0.15, 0.2) is 0 Å². The SMILES string of the molecule is CC(C)n1cc2ncsc2c1C#N. The lowest BCUT2D eigenvalue weighted by molar-refractivity contribution is 0.599. The standard InChI is InChI=1S/C9H9N3S/c1-6(2)12-4-7-9(8(12)3-10)13-5-11-7/h4-6H,1-2H3. The normalized spacial score (nSPS) is 10.9. The van der Waals surface area contributed by atoms with Crippen LogP contribution in [0.3, 0.4) is 0 Å². The third kappa shape index (κ3) is 1.12. The minimum absolute atomic E-state index is 0.316. The Morgan fingerprint density at radius 3 is 3.00 bits per heavy atom. The predicted molar refractivity (Wildman–Crippen MR) is 52.7 cm³/mol. The Hall–Kier alpha value is -1.34. The van der Waals surface area contributed by atoms with Gasteiger partial charge < -0.3 is 4.57 Å². The maximum absolute atomic E-state index is 8.98. The third-order valence-corrected chi connectivity index (χ3v) is 2.84. The average Bonchev–Trinajstić information content (AvgIpc) is 2.60. The highest BCUT2D eigenvalue weighted by Crippen LogP contribution is 2.26. The maximum Gasteiger partial charge on any atom is 0.140 e. The molecule has 2 rings (SSSR count). The summed E-state index contributed by atoms with van der Waals surface area (Å²) in [4.78, 5) is 4.18. The van der Waals surface area contributed by atoms with E-state index >= 15 is 0 Å². The fourth-order valence-corrected chi connectivity index (χ4v) is 2.11. The van der Waals surface area contributed by atoms with E-state index in [2.05, 4.69) is 24.9 Å². The van der Waals surface area contributed by atoms with Crippen molar-refractivity contribution in [1.29, 1.82) is 5.26 Å². The van der Waals surface area contributed by atoms with Crippen LogP contribution in [0.25, 0.3) is 10.2 Å². The van der Waals surface area contributed by atoms with Gasteiger partial charge in [-0.05, 0) is 13.8 Å². The highest BCUT2D eigenvalue weighted by molar-refractivity contribution is 7.17. The summed E-state index contributed by atoms with van der Waals surface area (Å²) in [5, 5.41) is 8.98. The minimum Gasteiger partial charge on any atom is -0.334 e. The summed E-state index contributed by atoms with van der Waals surface area (Å²) in [7, 11) is 0. The zero-order valence-corrected chi connectivity index (χ0v) is 8.30. The molecule has 0 bridgehead atoms. The topological polar surface area (TPSA) is 41.6 Å². The second-order valence-electron chi connectivity index (χ2n) is 3.16. The molecule has 0 N–H and O–H groups in total. The molecular weight excluding hydrogens is 182 g/mol. The van der Waals surface area contributed by atoms with Crippen molar-refractivity contribution in [2.24, 2.45) is 0 Å². The molecule has 0 fully saturated rings. The molecule has 66 valence electrons. The number of hydrogen-bond acceptors (Lipinski definition) is 3. The summed E-state index contributed by atoms with van der Waals surface area (Å²) >= 11 is 1.52. The van der Waals surface area contributed by atoms with Gasteiger partial charge in [-0.3, -0.25) is 0 Å². The summed E-state index contributed by atoms with van der Waals surface area (Å²) in [5.74, 6) is 0. The quantitative estimate of drug-likeness (QED) is 0.695. The van der Waals surface area contributed by atoms with Crippen LogP contribution in [0.4, 0.5) is 0 Å². The predicted octanol–water partition coefficient (Wildman–Crippen LogP) is 2.55. The van der Waals surface area contributed by atoms with Gasteiger partial charge in [0.05, 0.1) is 10.2 Å². The van der Waals surface area contributed by atoms with E-state index < -0.39 is 0 Å². The van der Waals surface area contributed by atoms with Crippen molar-refractivity contribution < 1.29 is 0 Å².